The lowest BCUT2D eigenvalue weighted by Crippen LogP contribution is -2.13. The minimum Gasteiger partial charge on any atom is -0.366 e. The number of hydrogen-bond acceptors (Lipinski definition) is 5. The number of nitrogens with two attached hydrogens (primary N) is 2. The van der Waals surface area contributed by atoms with Crippen LogP contribution in [-0.4, -0.2) is 19.9 Å². The zero-order valence-electron chi connectivity index (χ0n) is 7.05. The molecule has 7 heteroatoms. The first-order valence-corrected chi connectivity index (χ1v) is 4.54. The van der Waals surface area contributed by atoms with Crippen molar-refractivity contribution >= 4 is 21.9 Å². The highest BCUT2D eigenvalue weighted by molar-refractivity contribution is 9.10. The lowest BCUT2D eigenvalue weighted by atomic mass is 10.3. The van der Waals surface area contributed by atoms with Crippen LogP contribution in [0.3, 0.4) is 0 Å². The summed E-state index contributed by atoms with van der Waals surface area (Å²) in [6.45, 7) is 0. The molecule has 0 unspecified atom stereocenters. The van der Waals surface area contributed by atoms with Gasteiger partial charge in [0.2, 0.25) is 5.95 Å². The van der Waals surface area contributed by atoms with Crippen LogP contribution in [0.4, 0.5) is 5.95 Å². The van der Waals surface area contributed by atoms with E-state index in [2.05, 4.69) is 31.1 Å². The van der Waals surface area contributed by atoms with Crippen LogP contribution in [0.15, 0.2) is 22.9 Å². The molecule has 2 aromatic rings. The van der Waals surface area contributed by atoms with Crippen LogP contribution < -0.4 is 11.6 Å². The largest absolute Gasteiger partial charge is 0.366 e. The highest BCUT2D eigenvalue weighted by atomic mass is 79.9. The summed E-state index contributed by atoms with van der Waals surface area (Å²) in [7, 11) is 0. The number of pyridine rings is 1. The predicted molar refractivity (Wildman–Crippen MR) is 55.5 cm³/mol. The van der Waals surface area contributed by atoms with Gasteiger partial charge in [0, 0.05) is 22.4 Å². The van der Waals surface area contributed by atoms with Crippen molar-refractivity contribution in [2.24, 2.45) is 0 Å². The summed E-state index contributed by atoms with van der Waals surface area (Å²) in [5, 5.41) is 7.47. The molecule has 14 heavy (non-hydrogen) atoms. The molecule has 0 aromatic carbocycles. The van der Waals surface area contributed by atoms with Gasteiger partial charge in [-0.05, 0) is 22.0 Å². The van der Waals surface area contributed by atoms with Crippen LogP contribution in [0.1, 0.15) is 0 Å². The van der Waals surface area contributed by atoms with Crippen LogP contribution in [-0.2, 0) is 0 Å². The summed E-state index contributed by atoms with van der Waals surface area (Å²) in [5.41, 5.74) is 6.20. The van der Waals surface area contributed by atoms with Crippen molar-refractivity contribution in [3.8, 4) is 11.4 Å². The van der Waals surface area contributed by atoms with Gasteiger partial charge in [0.05, 0.1) is 0 Å². The first-order valence-electron chi connectivity index (χ1n) is 3.75. The maximum absolute atomic E-state index is 5.61. The molecule has 0 atom stereocenters. The summed E-state index contributed by atoms with van der Waals surface area (Å²) in [5.74, 6) is 6.26. The van der Waals surface area contributed by atoms with Crippen molar-refractivity contribution < 1.29 is 0 Å². The molecule has 2 aromatic heterocycles. The Balaban J connectivity index is 2.55. The summed E-state index contributed by atoms with van der Waals surface area (Å²) < 4.78 is 2.06. The van der Waals surface area contributed by atoms with Gasteiger partial charge in [-0.3, -0.25) is 4.98 Å². The van der Waals surface area contributed by atoms with Crippen LogP contribution in [0, 0.1) is 0 Å². The van der Waals surface area contributed by atoms with Gasteiger partial charge in [0.25, 0.3) is 0 Å². The molecule has 0 radical (unpaired) electrons. The molecule has 0 aliphatic rings. The molecule has 0 fully saturated rings. The lowest BCUT2D eigenvalue weighted by molar-refractivity contribution is 1.02. The molecule has 0 amide bonds. The van der Waals surface area contributed by atoms with Crippen molar-refractivity contribution in [3.63, 3.8) is 0 Å². The standard InChI is InChI=1S/C7H7BrN6/c8-5-1-4(2-11-3-5)6-12-13-7(9)14(6)10/h1-3H,10H2,(H2,9,13). The average molecular weight is 255 g/mol. The van der Waals surface area contributed by atoms with E-state index in [1.807, 2.05) is 6.07 Å². The highest BCUT2D eigenvalue weighted by Gasteiger charge is 2.09. The van der Waals surface area contributed by atoms with E-state index in [1.54, 1.807) is 12.4 Å². The summed E-state index contributed by atoms with van der Waals surface area (Å²) >= 11 is 3.30. The Morgan fingerprint density at radius 3 is 2.64 bits per heavy atom. The smallest absolute Gasteiger partial charge is 0.241 e. The van der Waals surface area contributed by atoms with E-state index in [-0.39, 0.29) is 5.95 Å². The van der Waals surface area contributed by atoms with E-state index in [4.69, 9.17) is 11.6 Å². The average Bonchev–Trinajstić information content (AvgIpc) is 2.48. The van der Waals surface area contributed by atoms with Gasteiger partial charge in [-0.15, -0.1) is 10.2 Å². The van der Waals surface area contributed by atoms with Gasteiger partial charge in [0.15, 0.2) is 5.82 Å². The van der Waals surface area contributed by atoms with Gasteiger partial charge >= 0.3 is 0 Å². The van der Waals surface area contributed by atoms with Gasteiger partial charge in [-0.25, -0.2) is 4.68 Å². The Bertz CT molecular complexity index is 465. The van der Waals surface area contributed by atoms with E-state index < -0.39 is 0 Å². The normalized spacial score (nSPS) is 10.4. The molecular formula is C7H7BrN6. The van der Waals surface area contributed by atoms with Crippen molar-refractivity contribution in [1.29, 1.82) is 0 Å². The Morgan fingerprint density at radius 1 is 1.29 bits per heavy atom. The molecule has 0 bridgehead atoms. The van der Waals surface area contributed by atoms with Gasteiger partial charge in [-0.2, -0.15) is 0 Å². The van der Waals surface area contributed by atoms with Crippen LogP contribution >= 0.6 is 15.9 Å². The SMILES string of the molecule is Nc1nnc(-c2cncc(Br)c2)n1N. The third-order valence-electron chi connectivity index (χ3n) is 1.69. The third-order valence-corrected chi connectivity index (χ3v) is 2.12. The quantitative estimate of drug-likeness (QED) is 0.719. The number of halogens is 1. The van der Waals surface area contributed by atoms with E-state index in [0.29, 0.717) is 5.82 Å². The molecule has 4 N–H and O–H groups in total. The molecule has 2 rings (SSSR count). The monoisotopic (exact) mass is 254 g/mol. The van der Waals surface area contributed by atoms with Crippen LogP contribution in [0.5, 0.6) is 0 Å². The van der Waals surface area contributed by atoms with Crippen LogP contribution in [0.2, 0.25) is 0 Å². The minimum atomic E-state index is 0.167. The molecule has 0 spiro atoms. The van der Waals surface area contributed by atoms with Crippen LogP contribution in [0.25, 0.3) is 11.4 Å². The summed E-state index contributed by atoms with van der Waals surface area (Å²) in [6, 6.07) is 1.83. The van der Waals surface area contributed by atoms with Crippen molar-refractivity contribution in [2.75, 3.05) is 11.6 Å². The van der Waals surface area contributed by atoms with E-state index >= 15 is 0 Å². The molecule has 0 aliphatic carbocycles. The number of hydrogen-bond donors (Lipinski definition) is 2. The Hall–Kier alpha value is -1.63. The van der Waals surface area contributed by atoms with Gasteiger partial charge < -0.3 is 11.6 Å². The van der Waals surface area contributed by atoms with E-state index in [9.17, 15) is 0 Å². The molecule has 0 saturated heterocycles. The van der Waals surface area contributed by atoms with Crippen molar-refractivity contribution in [3.05, 3.63) is 22.9 Å². The summed E-state index contributed by atoms with van der Waals surface area (Å²) in [6.07, 6.45) is 3.31. The second-order valence-electron chi connectivity index (χ2n) is 2.64. The van der Waals surface area contributed by atoms with Gasteiger partial charge in [0.1, 0.15) is 0 Å². The summed E-state index contributed by atoms with van der Waals surface area (Å²) in [4.78, 5) is 3.99. The second-order valence-corrected chi connectivity index (χ2v) is 3.56. The van der Waals surface area contributed by atoms with Crippen molar-refractivity contribution in [2.45, 2.75) is 0 Å². The molecule has 2 heterocycles. The fourth-order valence-corrected chi connectivity index (χ4v) is 1.40. The first-order chi connectivity index (χ1) is 6.68. The topological polar surface area (TPSA) is 95.6 Å². The zero-order valence-corrected chi connectivity index (χ0v) is 8.64. The fourth-order valence-electron chi connectivity index (χ4n) is 1.03. The van der Waals surface area contributed by atoms with Gasteiger partial charge in [-0.1, -0.05) is 0 Å². The molecule has 0 aliphatic heterocycles. The maximum Gasteiger partial charge on any atom is 0.241 e. The maximum atomic E-state index is 5.61. The molecule has 0 saturated carbocycles. The number of nitrogen functional groups attached to an aromatic ring is 2. The number of aromatic nitrogens is 4. The first kappa shape index (κ1) is 8.95. The second kappa shape index (κ2) is 3.26. The Morgan fingerprint density at radius 2 is 2.07 bits per heavy atom. The predicted octanol–water partition coefficient (Wildman–Crippen LogP) is 0.399. The number of rotatable bonds is 1. The third kappa shape index (κ3) is 1.41. The number of anilines is 1. The minimum absolute atomic E-state index is 0.167. The highest BCUT2D eigenvalue weighted by Crippen LogP contribution is 2.19. The molecular weight excluding hydrogens is 248 g/mol. The fraction of sp³-hybridized carbons (Fsp3) is 0. The Kier molecular flexibility index (Phi) is 2.08. The number of nitrogens with zero attached hydrogens (tertiary/aromatic N) is 4. The van der Waals surface area contributed by atoms with Crippen molar-refractivity contribution in [1.82, 2.24) is 19.9 Å². The van der Waals surface area contributed by atoms with E-state index in [0.717, 1.165) is 10.0 Å². The zero-order chi connectivity index (χ0) is 10.1. The molecule has 6 nitrogen and oxygen atoms in total. The Labute approximate surface area is 88.1 Å². The molecule has 72 valence electrons. The van der Waals surface area contributed by atoms with E-state index in [1.165, 1.54) is 4.68 Å². The lowest BCUT2D eigenvalue weighted by Gasteiger charge is -2.00.